The molecule has 5 nitrogen and oxygen atoms in total. The summed E-state index contributed by atoms with van der Waals surface area (Å²) >= 11 is 0. The molecule has 0 aromatic heterocycles. The van der Waals surface area contributed by atoms with Crippen LogP contribution in [-0.2, 0) is 4.79 Å². The van der Waals surface area contributed by atoms with Gasteiger partial charge in [-0.3, -0.25) is 0 Å². The summed E-state index contributed by atoms with van der Waals surface area (Å²) in [6.45, 7) is 12.6. The summed E-state index contributed by atoms with van der Waals surface area (Å²) < 4.78 is 0. The lowest BCUT2D eigenvalue weighted by atomic mass is 9.85. The number of carbonyl (C=O) groups is 2. The van der Waals surface area contributed by atoms with E-state index in [9.17, 15) is 9.59 Å². The van der Waals surface area contributed by atoms with E-state index in [0.717, 1.165) is 0 Å². The number of carboxylic acids is 1. The predicted octanol–water partition coefficient (Wildman–Crippen LogP) is 2.32. The number of nitrogens with one attached hydrogen (secondary N) is 2. The van der Waals surface area contributed by atoms with Gasteiger partial charge in [0.2, 0.25) is 0 Å². The summed E-state index contributed by atoms with van der Waals surface area (Å²) in [5.74, 6) is 0.179. The van der Waals surface area contributed by atoms with Crippen molar-refractivity contribution >= 4 is 12.0 Å². The van der Waals surface area contributed by atoms with Crippen LogP contribution in [0, 0.1) is 23.7 Å². The van der Waals surface area contributed by atoms with Gasteiger partial charge in [0, 0.05) is 6.54 Å². The third kappa shape index (κ3) is 6.45. The van der Waals surface area contributed by atoms with E-state index in [1.807, 2.05) is 0 Å². The lowest BCUT2D eigenvalue weighted by Crippen LogP contribution is -2.49. The Balaban J connectivity index is 4.34. The Kier molecular flexibility index (Phi) is 7.49. The highest BCUT2D eigenvalue weighted by molar-refractivity contribution is 5.82. The number of hydrogen-bond donors (Lipinski definition) is 3. The number of aliphatic carboxylic acids is 1. The molecule has 0 aromatic rings. The van der Waals surface area contributed by atoms with Crippen molar-refractivity contribution in [2.75, 3.05) is 6.54 Å². The molecule has 0 aliphatic rings. The zero-order chi connectivity index (χ0) is 15.2. The molecule has 0 heterocycles. The number of rotatable bonds is 7. The topological polar surface area (TPSA) is 78.4 Å². The van der Waals surface area contributed by atoms with Gasteiger partial charge < -0.3 is 15.7 Å². The fraction of sp³-hybridized carbons (Fsp3) is 0.857. The van der Waals surface area contributed by atoms with E-state index in [2.05, 4.69) is 38.3 Å². The fourth-order valence-electron chi connectivity index (χ4n) is 2.16. The number of hydrogen-bond acceptors (Lipinski definition) is 2. The maximum atomic E-state index is 11.7. The molecule has 2 amide bonds. The van der Waals surface area contributed by atoms with Crippen LogP contribution in [0.4, 0.5) is 4.79 Å². The largest absolute Gasteiger partial charge is 0.480 e. The van der Waals surface area contributed by atoms with Gasteiger partial charge in [0.1, 0.15) is 6.04 Å². The van der Waals surface area contributed by atoms with Gasteiger partial charge in [-0.15, -0.1) is 0 Å². The van der Waals surface area contributed by atoms with Gasteiger partial charge in [-0.25, -0.2) is 9.59 Å². The minimum atomic E-state index is -1.01. The molecule has 3 N–H and O–H groups in total. The Hall–Kier alpha value is -1.26. The van der Waals surface area contributed by atoms with Gasteiger partial charge in [0.05, 0.1) is 0 Å². The monoisotopic (exact) mass is 272 g/mol. The Bertz CT molecular complexity index is 293. The van der Waals surface area contributed by atoms with Crippen LogP contribution in [0.1, 0.15) is 41.5 Å². The first-order valence-electron chi connectivity index (χ1n) is 6.94. The molecule has 0 bridgehead atoms. The van der Waals surface area contributed by atoms with Crippen molar-refractivity contribution in [3.05, 3.63) is 0 Å². The zero-order valence-electron chi connectivity index (χ0n) is 12.9. The molecular weight excluding hydrogens is 244 g/mol. The molecule has 0 aliphatic carbocycles. The van der Waals surface area contributed by atoms with Crippen LogP contribution >= 0.6 is 0 Å². The molecule has 0 radical (unpaired) electrons. The third-order valence-electron chi connectivity index (χ3n) is 3.43. The minimum absolute atomic E-state index is 0.144. The number of carboxylic acid groups (broad SMARTS) is 1. The van der Waals surface area contributed by atoms with Crippen LogP contribution in [0.2, 0.25) is 0 Å². The van der Waals surface area contributed by atoms with Crippen molar-refractivity contribution in [1.82, 2.24) is 10.6 Å². The molecule has 1 unspecified atom stereocenters. The first-order chi connectivity index (χ1) is 8.66. The van der Waals surface area contributed by atoms with Gasteiger partial charge >= 0.3 is 12.0 Å². The maximum Gasteiger partial charge on any atom is 0.326 e. The highest BCUT2D eigenvalue weighted by Crippen LogP contribution is 2.19. The van der Waals surface area contributed by atoms with E-state index in [1.165, 1.54) is 0 Å². The van der Waals surface area contributed by atoms with E-state index < -0.39 is 18.0 Å². The predicted molar refractivity (Wildman–Crippen MR) is 76.0 cm³/mol. The SMILES string of the molecule is CC(C)C(NC(=O)NCC(C(C)C)C(C)C)C(=O)O. The number of urea groups is 1. The van der Waals surface area contributed by atoms with Crippen LogP contribution < -0.4 is 10.6 Å². The van der Waals surface area contributed by atoms with Crippen LogP contribution in [0.5, 0.6) is 0 Å². The highest BCUT2D eigenvalue weighted by Gasteiger charge is 2.24. The standard InChI is InChI=1S/C14H28N2O3/c1-8(2)11(9(3)4)7-15-14(19)16-12(10(5)6)13(17)18/h8-12H,7H2,1-6H3,(H,17,18)(H2,15,16,19). The van der Waals surface area contributed by atoms with Crippen molar-refractivity contribution in [3.63, 3.8) is 0 Å². The number of carbonyl (C=O) groups excluding carboxylic acids is 1. The summed E-state index contributed by atoms with van der Waals surface area (Å²) in [7, 11) is 0. The zero-order valence-corrected chi connectivity index (χ0v) is 12.9. The van der Waals surface area contributed by atoms with E-state index in [4.69, 9.17) is 5.11 Å². The molecule has 112 valence electrons. The molecule has 0 aliphatic heterocycles. The van der Waals surface area contributed by atoms with Crippen molar-refractivity contribution < 1.29 is 14.7 Å². The minimum Gasteiger partial charge on any atom is -0.480 e. The van der Waals surface area contributed by atoms with Crippen molar-refractivity contribution in [3.8, 4) is 0 Å². The second kappa shape index (κ2) is 8.02. The van der Waals surface area contributed by atoms with Crippen LogP contribution in [0.3, 0.4) is 0 Å². The van der Waals surface area contributed by atoms with Gasteiger partial charge in [0.15, 0.2) is 0 Å². The Morgan fingerprint density at radius 3 is 1.74 bits per heavy atom. The summed E-state index contributed by atoms with van der Waals surface area (Å²) in [4.78, 5) is 22.7. The normalized spacial score (nSPS) is 13.2. The fourth-order valence-corrected chi connectivity index (χ4v) is 2.16. The molecule has 0 fully saturated rings. The molecule has 0 spiro atoms. The first-order valence-corrected chi connectivity index (χ1v) is 6.94. The summed E-state index contributed by atoms with van der Waals surface area (Å²) in [6, 6.07) is -1.26. The average Bonchev–Trinajstić information content (AvgIpc) is 2.24. The lowest BCUT2D eigenvalue weighted by Gasteiger charge is -2.26. The van der Waals surface area contributed by atoms with Crippen molar-refractivity contribution in [2.24, 2.45) is 23.7 Å². The lowest BCUT2D eigenvalue weighted by molar-refractivity contribution is -0.140. The van der Waals surface area contributed by atoms with Crippen LogP contribution in [-0.4, -0.2) is 29.7 Å². The van der Waals surface area contributed by atoms with Crippen LogP contribution in [0.15, 0.2) is 0 Å². The summed E-state index contributed by atoms with van der Waals surface area (Å²) in [6.07, 6.45) is 0. The van der Waals surface area contributed by atoms with E-state index in [0.29, 0.717) is 24.3 Å². The van der Waals surface area contributed by atoms with E-state index >= 15 is 0 Å². The second-order valence-electron chi connectivity index (χ2n) is 6.07. The molecule has 0 aromatic carbocycles. The molecule has 0 saturated heterocycles. The molecule has 0 saturated carbocycles. The Morgan fingerprint density at radius 2 is 1.42 bits per heavy atom. The summed E-state index contributed by atoms with van der Waals surface area (Å²) in [5, 5.41) is 14.3. The van der Waals surface area contributed by atoms with E-state index in [1.54, 1.807) is 13.8 Å². The van der Waals surface area contributed by atoms with Gasteiger partial charge in [-0.2, -0.15) is 0 Å². The Labute approximate surface area is 116 Å². The molecule has 19 heavy (non-hydrogen) atoms. The highest BCUT2D eigenvalue weighted by atomic mass is 16.4. The third-order valence-corrected chi connectivity index (χ3v) is 3.43. The van der Waals surface area contributed by atoms with Crippen molar-refractivity contribution in [2.45, 2.75) is 47.6 Å². The quantitative estimate of drug-likeness (QED) is 0.665. The molecule has 0 rings (SSSR count). The second-order valence-corrected chi connectivity index (χ2v) is 6.07. The van der Waals surface area contributed by atoms with Gasteiger partial charge in [0.25, 0.3) is 0 Å². The summed E-state index contributed by atoms with van der Waals surface area (Å²) in [5.41, 5.74) is 0. The van der Waals surface area contributed by atoms with Crippen LogP contribution in [0.25, 0.3) is 0 Å². The van der Waals surface area contributed by atoms with Gasteiger partial charge in [-0.05, 0) is 23.7 Å². The average molecular weight is 272 g/mol. The number of amides is 2. The van der Waals surface area contributed by atoms with Gasteiger partial charge in [-0.1, -0.05) is 41.5 Å². The maximum absolute atomic E-state index is 11.7. The molecule has 1 atom stereocenters. The van der Waals surface area contributed by atoms with Crippen molar-refractivity contribution in [1.29, 1.82) is 0 Å². The smallest absolute Gasteiger partial charge is 0.326 e. The van der Waals surface area contributed by atoms with E-state index in [-0.39, 0.29) is 5.92 Å². The Morgan fingerprint density at radius 1 is 0.947 bits per heavy atom. The first kappa shape index (κ1) is 17.7. The molecular formula is C14H28N2O3. The molecule has 5 heteroatoms.